The molecular weight excluding hydrogens is 329 g/mol. The van der Waals surface area contributed by atoms with E-state index in [4.69, 9.17) is 9.47 Å². The molecule has 0 amide bonds. The molecule has 0 radical (unpaired) electrons. The SMILES string of the molecule is CCC(C)NCc1ccc(OCc2ccc(F)cc2)c(OC)c1.Cl. The molecule has 2 rings (SSSR count). The summed E-state index contributed by atoms with van der Waals surface area (Å²) in [5.74, 6) is 1.14. The molecule has 0 aliphatic rings. The maximum atomic E-state index is 12.9. The number of benzene rings is 2. The lowest BCUT2D eigenvalue weighted by molar-refractivity contribution is 0.284. The molecule has 0 saturated heterocycles. The van der Waals surface area contributed by atoms with Gasteiger partial charge in [0, 0.05) is 12.6 Å². The van der Waals surface area contributed by atoms with Crippen LogP contribution in [0.5, 0.6) is 11.5 Å². The van der Waals surface area contributed by atoms with Crippen molar-refractivity contribution in [2.45, 2.75) is 39.5 Å². The molecule has 1 atom stereocenters. The van der Waals surface area contributed by atoms with Crippen LogP contribution >= 0.6 is 12.4 Å². The van der Waals surface area contributed by atoms with Gasteiger partial charge in [0.1, 0.15) is 12.4 Å². The van der Waals surface area contributed by atoms with E-state index in [1.54, 1.807) is 19.2 Å². The second-order valence-electron chi connectivity index (χ2n) is 5.59. The normalized spacial score (nSPS) is 11.5. The summed E-state index contributed by atoms with van der Waals surface area (Å²) in [6.07, 6.45) is 1.09. The van der Waals surface area contributed by atoms with E-state index in [1.807, 2.05) is 18.2 Å². The predicted octanol–water partition coefficient (Wildman–Crippen LogP) is 4.72. The highest BCUT2D eigenvalue weighted by Gasteiger charge is 2.07. The van der Waals surface area contributed by atoms with Gasteiger partial charge in [0.05, 0.1) is 7.11 Å². The third kappa shape index (κ3) is 6.02. The Hall–Kier alpha value is -1.78. The van der Waals surface area contributed by atoms with Crippen LogP contribution in [0.3, 0.4) is 0 Å². The summed E-state index contributed by atoms with van der Waals surface area (Å²) >= 11 is 0. The van der Waals surface area contributed by atoms with Gasteiger partial charge in [0.2, 0.25) is 0 Å². The third-order valence-corrected chi connectivity index (χ3v) is 3.80. The van der Waals surface area contributed by atoms with E-state index in [1.165, 1.54) is 12.1 Å². The lowest BCUT2D eigenvalue weighted by atomic mass is 10.1. The van der Waals surface area contributed by atoms with Crippen LogP contribution in [0, 0.1) is 5.82 Å². The van der Waals surface area contributed by atoms with Crippen LogP contribution in [0.4, 0.5) is 4.39 Å². The molecule has 1 unspecified atom stereocenters. The Balaban J connectivity index is 0.00000288. The van der Waals surface area contributed by atoms with Crippen LogP contribution in [0.2, 0.25) is 0 Å². The third-order valence-electron chi connectivity index (χ3n) is 3.80. The lowest BCUT2D eigenvalue weighted by Crippen LogP contribution is -2.24. The van der Waals surface area contributed by atoms with E-state index in [0.717, 1.165) is 24.1 Å². The number of hydrogen-bond donors (Lipinski definition) is 1. The van der Waals surface area contributed by atoms with Crippen molar-refractivity contribution in [2.24, 2.45) is 0 Å². The van der Waals surface area contributed by atoms with E-state index >= 15 is 0 Å². The lowest BCUT2D eigenvalue weighted by Gasteiger charge is -2.14. The summed E-state index contributed by atoms with van der Waals surface area (Å²) in [6, 6.07) is 12.7. The molecule has 0 bridgehead atoms. The number of methoxy groups -OCH3 is 1. The fourth-order valence-corrected chi connectivity index (χ4v) is 2.12. The van der Waals surface area contributed by atoms with Crippen molar-refractivity contribution in [3.8, 4) is 11.5 Å². The van der Waals surface area contributed by atoms with Crippen molar-refractivity contribution in [3.63, 3.8) is 0 Å². The highest BCUT2D eigenvalue weighted by molar-refractivity contribution is 5.85. The van der Waals surface area contributed by atoms with Crippen molar-refractivity contribution in [3.05, 3.63) is 59.4 Å². The topological polar surface area (TPSA) is 30.5 Å². The van der Waals surface area contributed by atoms with Crippen LogP contribution in [0.1, 0.15) is 31.4 Å². The maximum Gasteiger partial charge on any atom is 0.161 e. The first-order chi connectivity index (χ1) is 11.1. The second-order valence-corrected chi connectivity index (χ2v) is 5.59. The zero-order chi connectivity index (χ0) is 16.7. The molecule has 0 spiro atoms. The van der Waals surface area contributed by atoms with Gasteiger partial charge in [-0.1, -0.05) is 25.1 Å². The van der Waals surface area contributed by atoms with Crippen molar-refractivity contribution in [1.82, 2.24) is 5.32 Å². The molecule has 0 aliphatic heterocycles. The van der Waals surface area contributed by atoms with Crippen LogP contribution in [-0.4, -0.2) is 13.2 Å². The average molecular weight is 354 g/mol. The molecule has 1 N–H and O–H groups in total. The number of nitrogens with one attached hydrogen (secondary N) is 1. The molecule has 24 heavy (non-hydrogen) atoms. The first-order valence-electron chi connectivity index (χ1n) is 7.90. The van der Waals surface area contributed by atoms with E-state index in [-0.39, 0.29) is 18.2 Å². The summed E-state index contributed by atoms with van der Waals surface area (Å²) in [7, 11) is 1.63. The van der Waals surface area contributed by atoms with Gasteiger partial charge in [-0.2, -0.15) is 0 Å². The molecule has 0 heterocycles. The summed E-state index contributed by atoms with van der Waals surface area (Å²) in [5.41, 5.74) is 2.06. The van der Waals surface area contributed by atoms with Gasteiger partial charge in [-0.25, -0.2) is 4.39 Å². The molecule has 0 saturated carbocycles. The number of hydrogen-bond acceptors (Lipinski definition) is 3. The Morgan fingerprint density at radius 1 is 1.04 bits per heavy atom. The maximum absolute atomic E-state index is 12.9. The Morgan fingerprint density at radius 2 is 1.71 bits per heavy atom. The fourth-order valence-electron chi connectivity index (χ4n) is 2.12. The average Bonchev–Trinajstić information content (AvgIpc) is 2.59. The molecule has 5 heteroatoms. The number of halogens is 2. The quantitative estimate of drug-likeness (QED) is 0.744. The molecule has 0 aromatic heterocycles. The Morgan fingerprint density at radius 3 is 2.33 bits per heavy atom. The monoisotopic (exact) mass is 353 g/mol. The smallest absolute Gasteiger partial charge is 0.161 e. The molecule has 0 aliphatic carbocycles. The molecule has 132 valence electrons. The van der Waals surface area contributed by atoms with E-state index in [2.05, 4.69) is 19.2 Å². The van der Waals surface area contributed by atoms with Crippen LogP contribution in [0.25, 0.3) is 0 Å². The first-order valence-corrected chi connectivity index (χ1v) is 7.90. The minimum Gasteiger partial charge on any atom is -0.493 e. The van der Waals surface area contributed by atoms with Gasteiger partial charge in [-0.05, 0) is 48.7 Å². The van der Waals surface area contributed by atoms with Crippen molar-refractivity contribution in [2.75, 3.05) is 7.11 Å². The Labute approximate surface area is 149 Å². The molecule has 0 fully saturated rings. The predicted molar refractivity (Wildman–Crippen MR) is 97.6 cm³/mol. The highest BCUT2D eigenvalue weighted by atomic mass is 35.5. The van der Waals surface area contributed by atoms with Gasteiger partial charge in [-0.15, -0.1) is 12.4 Å². The first kappa shape index (κ1) is 20.3. The summed E-state index contributed by atoms with van der Waals surface area (Å²) in [5, 5.41) is 3.45. The summed E-state index contributed by atoms with van der Waals surface area (Å²) in [4.78, 5) is 0. The van der Waals surface area contributed by atoms with Crippen molar-refractivity contribution in [1.29, 1.82) is 0 Å². The zero-order valence-electron chi connectivity index (χ0n) is 14.3. The molecular formula is C19H25ClFNO2. The second kappa shape index (κ2) is 10.2. The summed E-state index contributed by atoms with van der Waals surface area (Å²) in [6.45, 7) is 5.49. The van der Waals surface area contributed by atoms with E-state index < -0.39 is 0 Å². The number of rotatable bonds is 8. The van der Waals surface area contributed by atoms with Crippen LogP contribution in [0.15, 0.2) is 42.5 Å². The van der Waals surface area contributed by atoms with Crippen molar-refractivity contribution >= 4 is 12.4 Å². The van der Waals surface area contributed by atoms with Crippen molar-refractivity contribution < 1.29 is 13.9 Å². The minimum atomic E-state index is -0.246. The number of ether oxygens (including phenoxy) is 2. The highest BCUT2D eigenvalue weighted by Crippen LogP contribution is 2.29. The fraction of sp³-hybridized carbons (Fsp3) is 0.368. The van der Waals surface area contributed by atoms with Gasteiger partial charge in [0.25, 0.3) is 0 Å². The Kier molecular flexibility index (Phi) is 8.58. The van der Waals surface area contributed by atoms with E-state index in [9.17, 15) is 4.39 Å². The molecule has 2 aromatic carbocycles. The minimum absolute atomic E-state index is 0. The van der Waals surface area contributed by atoms with Gasteiger partial charge in [0.15, 0.2) is 11.5 Å². The van der Waals surface area contributed by atoms with Gasteiger partial charge >= 0.3 is 0 Å². The van der Waals surface area contributed by atoms with E-state index in [0.29, 0.717) is 24.1 Å². The Bertz CT molecular complexity index is 619. The van der Waals surface area contributed by atoms with Crippen LogP contribution < -0.4 is 14.8 Å². The summed E-state index contributed by atoms with van der Waals surface area (Å²) < 4.78 is 24.1. The van der Waals surface area contributed by atoms with Gasteiger partial charge in [-0.3, -0.25) is 0 Å². The largest absolute Gasteiger partial charge is 0.493 e. The molecule has 3 nitrogen and oxygen atoms in total. The van der Waals surface area contributed by atoms with Crippen LogP contribution in [-0.2, 0) is 13.2 Å². The molecule has 2 aromatic rings. The zero-order valence-corrected chi connectivity index (χ0v) is 15.2. The standard InChI is InChI=1S/C19H24FNO2.ClH/c1-4-14(2)21-12-16-7-10-18(19(11-16)22-3)23-13-15-5-8-17(20)9-6-15;/h5-11,14,21H,4,12-13H2,1-3H3;1H. The van der Waals surface area contributed by atoms with Gasteiger partial charge < -0.3 is 14.8 Å².